The van der Waals surface area contributed by atoms with Crippen LogP contribution in [0.2, 0.25) is 0 Å². The Labute approximate surface area is 84.1 Å². The monoisotopic (exact) mass is 185 g/mol. The van der Waals surface area contributed by atoms with E-state index in [1.807, 2.05) is 0 Å². The topological polar surface area (TPSA) is 26.0 Å². The SMILES string of the molecule is CCCCC(CC)CCC(N)CC. The smallest absolute Gasteiger partial charge is 0.00363 e. The van der Waals surface area contributed by atoms with Gasteiger partial charge in [0.15, 0.2) is 0 Å². The van der Waals surface area contributed by atoms with E-state index >= 15 is 0 Å². The number of nitrogens with two attached hydrogens (primary N) is 1. The minimum atomic E-state index is 0.440. The molecule has 0 aliphatic heterocycles. The summed E-state index contributed by atoms with van der Waals surface area (Å²) >= 11 is 0. The van der Waals surface area contributed by atoms with E-state index in [1.165, 1.54) is 38.5 Å². The van der Waals surface area contributed by atoms with E-state index in [4.69, 9.17) is 5.73 Å². The fourth-order valence-electron chi connectivity index (χ4n) is 1.70. The molecule has 0 heterocycles. The molecule has 1 nitrogen and oxygen atoms in total. The minimum absolute atomic E-state index is 0.440. The van der Waals surface area contributed by atoms with E-state index in [-0.39, 0.29) is 0 Å². The average Bonchev–Trinajstić information content (AvgIpc) is 2.17. The second-order valence-corrected chi connectivity index (χ2v) is 4.16. The molecule has 0 fully saturated rings. The van der Waals surface area contributed by atoms with Gasteiger partial charge >= 0.3 is 0 Å². The zero-order chi connectivity index (χ0) is 10.1. The second-order valence-electron chi connectivity index (χ2n) is 4.16. The van der Waals surface area contributed by atoms with Crippen LogP contribution in [0.3, 0.4) is 0 Å². The molecule has 0 saturated heterocycles. The molecule has 0 radical (unpaired) electrons. The Bertz CT molecular complexity index is 101. The fraction of sp³-hybridized carbons (Fsp3) is 1.00. The standard InChI is InChI=1S/C12H27N/c1-4-7-8-11(5-2)9-10-12(13)6-3/h11-12H,4-10,13H2,1-3H3. The van der Waals surface area contributed by atoms with Gasteiger partial charge in [-0.1, -0.05) is 46.5 Å². The van der Waals surface area contributed by atoms with Crippen LogP contribution in [0.1, 0.15) is 65.7 Å². The Hall–Kier alpha value is -0.0400. The van der Waals surface area contributed by atoms with Crippen LogP contribution in [0, 0.1) is 5.92 Å². The van der Waals surface area contributed by atoms with Crippen LogP contribution in [0.15, 0.2) is 0 Å². The van der Waals surface area contributed by atoms with Gasteiger partial charge in [0.2, 0.25) is 0 Å². The molecule has 0 bridgehead atoms. The summed E-state index contributed by atoms with van der Waals surface area (Å²) in [7, 11) is 0. The molecule has 2 atom stereocenters. The van der Waals surface area contributed by atoms with E-state index in [0.717, 1.165) is 12.3 Å². The minimum Gasteiger partial charge on any atom is -0.328 e. The first kappa shape index (κ1) is 13.0. The van der Waals surface area contributed by atoms with Crippen LogP contribution in [-0.4, -0.2) is 6.04 Å². The molecule has 13 heavy (non-hydrogen) atoms. The summed E-state index contributed by atoms with van der Waals surface area (Å²) in [5.41, 5.74) is 5.90. The van der Waals surface area contributed by atoms with Gasteiger partial charge < -0.3 is 5.73 Å². The predicted octanol–water partition coefficient (Wildman–Crippen LogP) is 3.72. The van der Waals surface area contributed by atoms with Crippen molar-refractivity contribution in [3.63, 3.8) is 0 Å². The third kappa shape index (κ3) is 7.06. The molecular formula is C12H27N. The predicted molar refractivity (Wildman–Crippen MR) is 60.8 cm³/mol. The molecule has 2 unspecified atom stereocenters. The Morgan fingerprint density at radius 1 is 0.923 bits per heavy atom. The number of hydrogen-bond donors (Lipinski definition) is 1. The van der Waals surface area contributed by atoms with Crippen molar-refractivity contribution in [1.82, 2.24) is 0 Å². The Morgan fingerprint density at radius 3 is 2.08 bits per heavy atom. The summed E-state index contributed by atoms with van der Waals surface area (Å²) < 4.78 is 0. The summed E-state index contributed by atoms with van der Waals surface area (Å²) in [6.07, 6.45) is 9.14. The van der Waals surface area contributed by atoms with Gasteiger partial charge in [0.25, 0.3) is 0 Å². The molecule has 0 rings (SSSR count). The number of hydrogen-bond acceptors (Lipinski definition) is 1. The normalized spacial score (nSPS) is 15.7. The van der Waals surface area contributed by atoms with Crippen molar-refractivity contribution in [2.75, 3.05) is 0 Å². The largest absolute Gasteiger partial charge is 0.328 e. The molecule has 80 valence electrons. The third-order valence-corrected chi connectivity index (χ3v) is 3.01. The summed E-state index contributed by atoms with van der Waals surface area (Å²) in [5, 5.41) is 0. The third-order valence-electron chi connectivity index (χ3n) is 3.01. The number of unbranched alkanes of at least 4 members (excludes halogenated alkanes) is 1. The van der Waals surface area contributed by atoms with Gasteiger partial charge in [-0.3, -0.25) is 0 Å². The quantitative estimate of drug-likeness (QED) is 0.613. The molecular weight excluding hydrogens is 158 g/mol. The zero-order valence-corrected chi connectivity index (χ0v) is 9.68. The highest BCUT2D eigenvalue weighted by Gasteiger charge is 2.07. The Balaban J connectivity index is 3.46. The van der Waals surface area contributed by atoms with Gasteiger partial charge in [0.1, 0.15) is 0 Å². The molecule has 0 aliphatic carbocycles. The van der Waals surface area contributed by atoms with Crippen molar-refractivity contribution in [2.24, 2.45) is 11.7 Å². The first-order chi connectivity index (χ1) is 6.24. The summed E-state index contributed by atoms with van der Waals surface area (Å²) in [5.74, 6) is 0.928. The molecule has 0 aromatic rings. The van der Waals surface area contributed by atoms with E-state index in [9.17, 15) is 0 Å². The first-order valence-electron chi connectivity index (χ1n) is 6.00. The highest BCUT2D eigenvalue weighted by Crippen LogP contribution is 2.19. The lowest BCUT2D eigenvalue weighted by atomic mass is 9.92. The van der Waals surface area contributed by atoms with E-state index in [1.54, 1.807) is 0 Å². The van der Waals surface area contributed by atoms with Crippen molar-refractivity contribution in [2.45, 2.75) is 71.8 Å². The Kier molecular flexibility index (Phi) is 8.53. The van der Waals surface area contributed by atoms with Gasteiger partial charge in [0.05, 0.1) is 0 Å². The molecule has 2 N–H and O–H groups in total. The summed E-state index contributed by atoms with van der Waals surface area (Å²) in [4.78, 5) is 0. The van der Waals surface area contributed by atoms with Crippen molar-refractivity contribution >= 4 is 0 Å². The molecule has 0 aromatic heterocycles. The second kappa shape index (κ2) is 8.55. The van der Waals surface area contributed by atoms with Crippen molar-refractivity contribution in [1.29, 1.82) is 0 Å². The summed E-state index contributed by atoms with van der Waals surface area (Å²) in [6, 6.07) is 0.440. The van der Waals surface area contributed by atoms with Crippen molar-refractivity contribution < 1.29 is 0 Å². The van der Waals surface area contributed by atoms with Crippen LogP contribution in [0.4, 0.5) is 0 Å². The molecule has 0 aromatic carbocycles. The van der Waals surface area contributed by atoms with Gasteiger partial charge in [-0.05, 0) is 25.2 Å². The first-order valence-corrected chi connectivity index (χ1v) is 6.00. The van der Waals surface area contributed by atoms with Crippen LogP contribution in [0.25, 0.3) is 0 Å². The van der Waals surface area contributed by atoms with Gasteiger partial charge in [-0.25, -0.2) is 0 Å². The lowest BCUT2D eigenvalue weighted by Crippen LogP contribution is -2.19. The maximum Gasteiger partial charge on any atom is 0.00363 e. The van der Waals surface area contributed by atoms with Crippen molar-refractivity contribution in [3.8, 4) is 0 Å². The van der Waals surface area contributed by atoms with Crippen LogP contribution in [0.5, 0.6) is 0 Å². The fourth-order valence-corrected chi connectivity index (χ4v) is 1.70. The van der Waals surface area contributed by atoms with Gasteiger partial charge in [-0.15, -0.1) is 0 Å². The van der Waals surface area contributed by atoms with Gasteiger partial charge in [-0.2, -0.15) is 0 Å². The number of rotatable bonds is 8. The van der Waals surface area contributed by atoms with E-state index in [0.29, 0.717) is 6.04 Å². The van der Waals surface area contributed by atoms with E-state index < -0.39 is 0 Å². The maximum atomic E-state index is 5.90. The van der Waals surface area contributed by atoms with E-state index in [2.05, 4.69) is 20.8 Å². The molecule has 1 heteroatoms. The lowest BCUT2D eigenvalue weighted by Gasteiger charge is -2.16. The van der Waals surface area contributed by atoms with Crippen molar-refractivity contribution in [3.05, 3.63) is 0 Å². The van der Waals surface area contributed by atoms with Gasteiger partial charge in [0, 0.05) is 6.04 Å². The molecule has 0 spiro atoms. The van der Waals surface area contributed by atoms with Crippen LogP contribution < -0.4 is 5.73 Å². The maximum absolute atomic E-state index is 5.90. The van der Waals surface area contributed by atoms with Crippen LogP contribution >= 0.6 is 0 Å². The highest BCUT2D eigenvalue weighted by molar-refractivity contribution is 4.64. The average molecular weight is 185 g/mol. The molecule has 0 amide bonds. The molecule has 0 saturated carbocycles. The highest BCUT2D eigenvalue weighted by atomic mass is 14.6. The Morgan fingerprint density at radius 2 is 1.62 bits per heavy atom. The summed E-state index contributed by atoms with van der Waals surface area (Å²) in [6.45, 7) is 6.75. The molecule has 0 aliphatic rings. The lowest BCUT2D eigenvalue weighted by molar-refractivity contribution is 0.388. The zero-order valence-electron chi connectivity index (χ0n) is 9.68. The van der Waals surface area contributed by atoms with Crippen LogP contribution in [-0.2, 0) is 0 Å².